The van der Waals surface area contributed by atoms with E-state index in [1.165, 1.54) is 16.6 Å². The maximum absolute atomic E-state index is 12.6. The second-order valence-electron chi connectivity index (χ2n) is 6.18. The van der Waals surface area contributed by atoms with E-state index in [0.717, 1.165) is 0 Å². The number of amides is 1. The molecule has 28 heavy (non-hydrogen) atoms. The number of carbonyl (C=O) groups is 2. The van der Waals surface area contributed by atoms with Gasteiger partial charge in [0.2, 0.25) is 0 Å². The number of likely N-dealkylation sites (N-methyl/N-ethyl adjacent to an activating group) is 1. The minimum atomic E-state index is -0.978. The first kappa shape index (κ1) is 19.6. The standard InChI is InChI=1S/C20H19ClN4O3/c1-13-18(23-25(22-13)17-11-7-8-15(21)12-17)20(27)28-14(2)19(26)24(3)16-9-5-4-6-10-16/h4-12,14H,1-3H3/t14-/m1/s1. The fourth-order valence-corrected chi connectivity index (χ4v) is 2.79. The Labute approximate surface area is 167 Å². The molecule has 144 valence electrons. The van der Waals surface area contributed by atoms with Crippen molar-refractivity contribution < 1.29 is 14.3 Å². The van der Waals surface area contributed by atoms with Crippen LogP contribution in [0.4, 0.5) is 5.69 Å². The molecule has 0 bridgehead atoms. The third kappa shape index (κ3) is 4.20. The number of rotatable bonds is 5. The number of aryl methyl sites for hydroxylation is 1. The number of esters is 1. The summed E-state index contributed by atoms with van der Waals surface area (Å²) in [7, 11) is 1.63. The van der Waals surface area contributed by atoms with E-state index in [1.54, 1.807) is 50.4 Å². The molecule has 1 heterocycles. The van der Waals surface area contributed by atoms with Gasteiger partial charge in [-0.15, -0.1) is 5.10 Å². The maximum atomic E-state index is 12.6. The zero-order valence-electron chi connectivity index (χ0n) is 15.7. The molecule has 0 aliphatic heterocycles. The third-order valence-corrected chi connectivity index (χ3v) is 4.36. The van der Waals surface area contributed by atoms with E-state index in [1.807, 2.05) is 18.2 Å². The average molecular weight is 399 g/mol. The molecule has 0 saturated heterocycles. The molecular formula is C20H19ClN4O3. The van der Waals surface area contributed by atoms with Crippen molar-refractivity contribution in [3.63, 3.8) is 0 Å². The molecular weight excluding hydrogens is 380 g/mol. The molecule has 2 aromatic carbocycles. The van der Waals surface area contributed by atoms with Crippen LogP contribution in [0, 0.1) is 6.92 Å². The summed E-state index contributed by atoms with van der Waals surface area (Å²) in [6.07, 6.45) is -0.978. The van der Waals surface area contributed by atoms with E-state index in [4.69, 9.17) is 16.3 Å². The van der Waals surface area contributed by atoms with Crippen molar-refractivity contribution in [1.29, 1.82) is 0 Å². The van der Waals surface area contributed by atoms with Gasteiger partial charge in [-0.05, 0) is 44.2 Å². The van der Waals surface area contributed by atoms with Gasteiger partial charge in [-0.25, -0.2) is 4.79 Å². The molecule has 0 spiro atoms. The molecule has 3 aromatic rings. The van der Waals surface area contributed by atoms with E-state index < -0.39 is 12.1 Å². The summed E-state index contributed by atoms with van der Waals surface area (Å²) in [5, 5.41) is 8.94. The summed E-state index contributed by atoms with van der Waals surface area (Å²) in [6, 6.07) is 16.0. The molecule has 0 unspecified atom stereocenters. The number of hydrogen-bond donors (Lipinski definition) is 0. The zero-order chi connectivity index (χ0) is 20.3. The van der Waals surface area contributed by atoms with Crippen LogP contribution in [0.2, 0.25) is 5.02 Å². The van der Waals surface area contributed by atoms with Crippen LogP contribution in [0.25, 0.3) is 5.69 Å². The Morgan fingerprint density at radius 3 is 2.50 bits per heavy atom. The van der Waals surface area contributed by atoms with E-state index in [-0.39, 0.29) is 11.6 Å². The molecule has 1 amide bonds. The molecule has 0 N–H and O–H groups in total. The van der Waals surface area contributed by atoms with Gasteiger partial charge in [0.25, 0.3) is 5.91 Å². The zero-order valence-corrected chi connectivity index (χ0v) is 16.4. The highest BCUT2D eigenvalue weighted by molar-refractivity contribution is 6.30. The summed E-state index contributed by atoms with van der Waals surface area (Å²) in [4.78, 5) is 27.8. The summed E-state index contributed by atoms with van der Waals surface area (Å²) < 4.78 is 5.32. The molecule has 3 rings (SSSR count). The Kier molecular flexibility index (Phi) is 5.75. The molecule has 1 atom stereocenters. The number of carbonyl (C=O) groups excluding carboxylic acids is 2. The van der Waals surface area contributed by atoms with Crippen LogP contribution in [0.15, 0.2) is 54.6 Å². The predicted octanol–water partition coefficient (Wildman–Crippen LogP) is 3.44. The van der Waals surface area contributed by atoms with E-state index in [9.17, 15) is 9.59 Å². The highest BCUT2D eigenvalue weighted by Crippen LogP contribution is 2.16. The molecule has 0 aliphatic rings. The van der Waals surface area contributed by atoms with Crippen LogP contribution < -0.4 is 4.90 Å². The first-order valence-electron chi connectivity index (χ1n) is 8.60. The normalized spacial score (nSPS) is 11.7. The third-order valence-electron chi connectivity index (χ3n) is 4.12. The van der Waals surface area contributed by atoms with Crippen molar-refractivity contribution in [2.24, 2.45) is 0 Å². The molecule has 0 radical (unpaired) electrons. The Bertz CT molecular complexity index is 1000. The molecule has 0 fully saturated rings. The van der Waals surface area contributed by atoms with Crippen molar-refractivity contribution in [2.45, 2.75) is 20.0 Å². The lowest BCUT2D eigenvalue weighted by molar-refractivity contribution is -0.126. The first-order valence-corrected chi connectivity index (χ1v) is 8.98. The lowest BCUT2D eigenvalue weighted by atomic mass is 10.2. The van der Waals surface area contributed by atoms with Crippen LogP contribution in [0.5, 0.6) is 0 Å². The topological polar surface area (TPSA) is 77.3 Å². The summed E-state index contributed by atoms with van der Waals surface area (Å²) in [6.45, 7) is 3.17. The molecule has 8 heteroatoms. The van der Waals surface area contributed by atoms with Gasteiger partial charge in [0.05, 0.1) is 11.4 Å². The Morgan fingerprint density at radius 2 is 1.82 bits per heavy atom. The van der Waals surface area contributed by atoms with Crippen LogP contribution in [-0.2, 0) is 9.53 Å². The van der Waals surface area contributed by atoms with Gasteiger partial charge < -0.3 is 9.64 Å². The SMILES string of the molecule is Cc1nn(-c2cccc(Cl)c2)nc1C(=O)O[C@H](C)C(=O)N(C)c1ccccc1. The number of benzene rings is 2. The monoisotopic (exact) mass is 398 g/mol. The Hall–Kier alpha value is -3.19. The number of para-hydroxylation sites is 1. The molecule has 0 aliphatic carbocycles. The highest BCUT2D eigenvalue weighted by Gasteiger charge is 2.26. The number of hydrogen-bond acceptors (Lipinski definition) is 5. The minimum Gasteiger partial charge on any atom is -0.448 e. The quantitative estimate of drug-likeness (QED) is 0.615. The molecule has 0 saturated carbocycles. The summed E-state index contributed by atoms with van der Waals surface area (Å²) in [5.41, 5.74) is 1.75. The Balaban J connectivity index is 1.73. The van der Waals surface area contributed by atoms with Crippen molar-refractivity contribution >= 4 is 29.2 Å². The van der Waals surface area contributed by atoms with Gasteiger partial charge in [-0.1, -0.05) is 35.9 Å². The van der Waals surface area contributed by atoms with Gasteiger partial charge in [0, 0.05) is 17.8 Å². The minimum absolute atomic E-state index is 0.0435. The number of ether oxygens (including phenoxy) is 1. The van der Waals surface area contributed by atoms with Gasteiger partial charge >= 0.3 is 5.97 Å². The highest BCUT2D eigenvalue weighted by atomic mass is 35.5. The molecule has 1 aromatic heterocycles. The van der Waals surface area contributed by atoms with Crippen LogP contribution in [0.1, 0.15) is 23.1 Å². The number of nitrogens with zero attached hydrogens (tertiary/aromatic N) is 4. The number of aromatic nitrogens is 3. The van der Waals surface area contributed by atoms with E-state index in [0.29, 0.717) is 22.1 Å². The van der Waals surface area contributed by atoms with Crippen molar-refractivity contribution in [2.75, 3.05) is 11.9 Å². The van der Waals surface area contributed by atoms with Crippen LogP contribution in [0.3, 0.4) is 0 Å². The largest absolute Gasteiger partial charge is 0.448 e. The predicted molar refractivity (Wildman–Crippen MR) is 106 cm³/mol. The van der Waals surface area contributed by atoms with Gasteiger partial charge in [0.15, 0.2) is 11.8 Å². The second kappa shape index (κ2) is 8.22. The van der Waals surface area contributed by atoms with E-state index >= 15 is 0 Å². The van der Waals surface area contributed by atoms with Crippen LogP contribution in [-0.4, -0.2) is 40.0 Å². The number of anilines is 1. The summed E-state index contributed by atoms with van der Waals surface area (Å²) in [5.74, 6) is -1.06. The van der Waals surface area contributed by atoms with Gasteiger partial charge in [0.1, 0.15) is 0 Å². The van der Waals surface area contributed by atoms with Crippen molar-refractivity contribution in [3.8, 4) is 5.69 Å². The second-order valence-corrected chi connectivity index (χ2v) is 6.62. The fraction of sp³-hybridized carbons (Fsp3) is 0.200. The smallest absolute Gasteiger partial charge is 0.361 e. The number of halogens is 1. The fourth-order valence-electron chi connectivity index (χ4n) is 2.60. The Morgan fingerprint density at radius 1 is 1.11 bits per heavy atom. The van der Waals surface area contributed by atoms with Crippen molar-refractivity contribution in [3.05, 3.63) is 71.0 Å². The summed E-state index contributed by atoms with van der Waals surface area (Å²) >= 11 is 5.99. The average Bonchev–Trinajstić information content (AvgIpc) is 3.09. The van der Waals surface area contributed by atoms with Gasteiger partial charge in [-0.2, -0.15) is 9.90 Å². The molecule has 7 nitrogen and oxygen atoms in total. The van der Waals surface area contributed by atoms with Crippen molar-refractivity contribution in [1.82, 2.24) is 15.0 Å². The lowest BCUT2D eigenvalue weighted by Gasteiger charge is -2.21. The van der Waals surface area contributed by atoms with Gasteiger partial charge in [-0.3, -0.25) is 4.79 Å². The maximum Gasteiger partial charge on any atom is 0.361 e. The van der Waals surface area contributed by atoms with E-state index in [2.05, 4.69) is 10.2 Å². The van der Waals surface area contributed by atoms with Crippen LogP contribution >= 0.6 is 11.6 Å². The lowest BCUT2D eigenvalue weighted by Crippen LogP contribution is -2.37. The first-order chi connectivity index (χ1) is 13.4.